The van der Waals surface area contributed by atoms with Crippen molar-refractivity contribution in [1.29, 1.82) is 0 Å². The smallest absolute Gasteiger partial charge is 0.332 e. The van der Waals surface area contributed by atoms with Crippen LogP contribution in [0.4, 0.5) is 0 Å². The van der Waals surface area contributed by atoms with Gasteiger partial charge in [-0.25, -0.2) is 4.79 Å². The monoisotopic (exact) mass is 275 g/mol. The number of aliphatic carboxylic acids is 1. The van der Waals surface area contributed by atoms with Crippen LogP contribution in [0.3, 0.4) is 0 Å². The Labute approximate surface area is 109 Å². The molecule has 0 aromatic carbocycles. The van der Waals surface area contributed by atoms with Gasteiger partial charge in [-0.1, -0.05) is 0 Å². The molecule has 8 heteroatoms. The molecule has 3 N–H and O–H groups in total. The Hall–Kier alpha value is -1.22. The van der Waals surface area contributed by atoms with Crippen LogP contribution in [0.1, 0.15) is 13.8 Å². The van der Waals surface area contributed by atoms with Crippen LogP contribution in [0.2, 0.25) is 0 Å². The number of aliphatic hydroxyl groups excluding tert-OH is 1. The quantitative estimate of drug-likeness (QED) is 0.570. The van der Waals surface area contributed by atoms with Crippen molar-refractivity contribution in [2.24, 2.45) is 0 Å². The average Bonchev–Trinajstić information content (AvgIpc) is 2.76. The molecule has 19 heavy (non-hydrogen) atoms. The highest BCUT2D eigenvalue weighted by Gasteiger charge is 2.51. The Balaban J connectivity index is 2.14. The maximum Gasteiger partial charge on any atom is 0.332 e. The van der Waals surface area contributed by atoms with Gasteiger partial charge in [-0.2, -0.15) is 0 Å². The number of rotatable bonds is 4. The van der Waals surface area contributed by atoms with Gasteiger partial charge in [0.25, 0.3) is 0 Å². The molecular formula is C11H17NO7. The molecule has 2 aliphatic heterocycles. The van der Waals surface area contributed by atoms with E-state index in [0.29, 0.717) is 0 Å². The lowest BCUT2D eigenvalue weighted by molar-refractivity contribution is -0.213. The second-order valence-corrected chi connectivity index (χ2v) is 4.67. The summed E-state index contributed by atoms with van der Waals surface area (Å²) in [7, 11) is 0. The molecule has 2 fully saturated rings. The van der Waals surface area contributed by atoms with Gasteiger partial charge in [0.05, 0.1) is 6.61 Å². The number of nitrogens with one attached hydrogen (secondary N) is 1. The van der Waals surface area contributed by atoms with Crippen LogP contribution in [0.5, 0.6) is 0 Å². The molecule has 0 saturated carbocycles. The third-order valence-electron chi connectivity index (χ3n) is 3.18. The summed E-state index contributed by atoms with van der Waals surface area (Å²) in [6, 6.07) is -0.743. The second-order valence-electron chi connectivity index (χ2n) is 4.67. The van der Waals surface area contributed by atoms with Crippen molar-refractivity contribution < 1.29 is 34.0 Å². The van der Waals surface area contributed by atoms with E-state index in [4.69, 9.17) is 19.3 Å². The van der Waals surface area contributed by atoms with Gasteiger partial charge in [0, 0.05) is 6.92 Å². The summed E-state index contributed by atoms with van der Waals surface area (Å²) in [4.78, 5) is 22.0. The summed E-state index contributed by atoms with van der Waals surface area (Å²) < 4.78 is 16.0. The van der Waals surface area contributed by atoms with Crippen molar-refractivity contribution in [3.8, 4) is 0 Å². The first-order valence-electron chi connectivity index (χ1n) is 6.00. The predicted molar refractivity (Wildman–Crippen MR) is 60.2 cm³/mol. The fourth-order valence-corrected chi connectivity index (χ4v) is 2.23. The molecule has 2 rings (SSSR count). The maximum atomic E-state index is 11.2. The van der Waals surface area contributed by atoms with Crippen molar-refractivity contribution in [2.45, 2.75) is 50.6 Å². The van der Waals surface area contributed by atoms with E-state index in [1.807, 2.05) is 0 Å². The predicted octanol–water partition coefficient (Wildman–Crippen LogP) is -1.53. The molecule has 0 aliphatic carbocycles. The summed E-state index contributed by atoms with van der Waals surface area (Å²) in [6.45, 7) is 2.85. The summed E-state index contributed by atoms with van der Waals surface area (Å²) >= 11 is 0. The Morgan fingerprint density at radius 1 is 1.47 bits per heavy atom. The molecule has 2 unspecified atom stereocenters. The van der Waals surface area contributed by atoms with Crippen LogP contribution < -0.4 is 5.32 Å². The van der Waals surface area contributed by atoms with Crippen LogP contribution in [0.15, 0.2) is 0 Å². The SMILES string of the molecule is CC(=O)N[C@H]1C2OC[C@@H](O2)[C@@H](O)[C@@H]1OC(C)C(=O)O. The van der Waals surface area contributed by atoms with E-state index < -0.39 is 42.7 Å². The lowest BCUT2D eigenvalue weighted by atomic mass is 9.98. The fourth-order valence-electron chi connectivity index (χ4n) is 2.23. The lowest BCUT2D eigenvalue weighted by Gasteiger charge is -2.39. The van der Waals surface area contributed by atoms with Gasteiger partial charge >= 0.3 is 5.97 Å². The van der Waals surface area contributed by atoms with Crippen molar-refractivity contribution in [3.63, 3.8) is 0 Å². The van der Waals surface area contributed by atoms with E-state index in [1.54, 1.807) is 0 Å². The number of hydrogen-bond donors (Lipinski definition) is 3. The van der Waals surface area contributed by atoms with E-state index in [9.17, 15) is 14.7 Å². The standard InChI is InChI=1S/C11H17NO7/c1-4(10(15)16)18-9-7(12-5(2)13)11-17-3-6(19-11)8(9)14/h4,6-9,11,14H,3H2,1-2H3,(H,12,13)(H,15,16)/t4?,6-,7-,8-,9-,11?/m1/s1. The molecule has 0 aromatic heterocycles. The number of carboxylic acids is 1. The zero-order chi connectivity index (χ0) is 14.2. The summed E-state index contributed by atoms with van der Waals surface area (Å²) in [5.74, 6) is -1.49. The van der Waals surface area contributed by atoms with Gasteiger partial charge in [-0.05, 0) is 6.92 Å². The zero-order valence-electron chi connectivity index (χ0n) is 10.6. The summed E-state index contributed by atoms with van der Waals surface area (Å²) in [5.41, 5.74) is 0. The van der Waals surface area contributed by atoms with E-state index in [1.165, 1.54) is 13.8 Å². The molecule has 1 amide bonds. The largest absolute Gasteiger partial charge is 0.479 e. The fraction of sp³-hybridized carbons (Fsp3) is 0.818. The van der Waals surface area contributed by atoms with Gasteiger partial charge in [0.2, 0.25) is 5.91 Å². The number of amides is 1. The number of carbonyl (C=O) groups is 2. The third kappa shape index (κ3) is 2.86. The molecule has 2 bridgehead atoms. The first kappa shape index (κ1) is 14.2. The number of hydrogen-bond acceptors (Lipinski definition) is 6. The first-order chi connectivity index (χ1) is 8.90. The Morgan fingerprint density at radius 2 is 2.16 bits per heavy atom. The highest BCUT2D eigenvalue weighted by Crippen LogP contribution is 2.30. The molecule has 2 heterocycles. The van der Waals surface area contributed by atoms with E-state index in [0.717, 1.165) is 0 Å². The van der Waals surface area contributed by atoms with Crippen LogP contribution in [0.25, 0.3) is 0 Å². The van der Waals surface area contributed by atoms with Gasteiger partial charge in [-0.3, -0.25) is 4.79 Å². The van der Waals surface area contributed by atoms with Gasteiger partial charge in [-0.15, -0.1) is 0 Å². The van der Waals surface area contributed by atoms with E-state index in [2.05, 4.69) is 5.32 Å². The van der Waals surface area contributed by atoms with Crippen LogP contribution >= 0.6 is 0 Å². The van der Waals surface area contributed by atoms with Gasteiger partial charge in [0.1, 0.15) is 24.4 Å². The van der Waals surface area contributed by atoms with E-state index in [-0.39, 0.29) is 12.5 Å². The maximum absolute atomic E-state index is 11.2. The Morgan fingerprint density at radius 3 is 2.74 bits per heavy atom. The Kier molecular flexibility index (Phi) is 4.04. The molecule has 0 spiro atoms. The van der Waals surface area contributed by atoms with Crippen molar-refractivity contribution in [2.75, 3.05) is 6.61 Å². The highest BCUT2D eigenvalue weighted by molar-refractivity contribution is 5.73. The highest BCUT2D eigenvalue weighted by atomic mass is 16.7. The molecule has 8 nitrogen and oxygen atoms in total. The minimum Gasteiger partial charge on any atom is -0.479 e. The molecule has 0 radical (unpaired) electrons. The molecule has 108 valence electrons. The van der Waals surface area contributed by atoms with Gasteiger partial charge < -0.3 is 29.7 Å². The first-order valence-corrected chi connectivity index (χ1v) is 6.00. The topological polar surface area (TPSA) is 114 Å². The van der Waals surface area contributed by atoms with Crippen LogP contribution in [0, 0.1) is 0 Å². The number of fused-ring (bicyclic) bond motifs is 2. The molecule has 2 aliphatic rings. The third-order valence-corrected chi connectivity index (χ3v) is 3.18. The number of aliphatic hydroxyl groups is 1. The van der Waals surface area contributed by atoms with E-state index >= 15 is 0 Å². The number of carbonyl (C=O) groups excluding carboxylic acids is 1. The molecule has 2 saturated heterocycles. The van der Waals surface area contributed by atoms with Crippen LogP contribution in [-0.4, -0.2) is 65.4 Å². The minimum absolute atomic E-state index is 0.184. The van der Waals surface area contributed by atoms with Gasteiger partial charge in [0.15, 0.2) is 12.4 Å². The van der Waals surface area contributed by atoms with Crippen LogP contribution in [-0.2, 0) is 23.8 Å². The summed E-state index contributed by atoms with van der Waals surface area (Å²) in [6.07, 6.45) is -4.35. The molecule has 6 atom stereocenters. The average molecular weight is 275 g/mol. The second kappa shape index (κ2) is 5.41. The lowest BCUT2D eigenvalue weighted by Crippen LogP contribution is -2.62. The zero-order valence-corrected chi connectivity index (χ0v) is 10.6. The van der Waals surface area contributed by atoms with Crippen molar-refractivity contribution >= 4 is 11.9 Å². The normalized spacial score (nSPS) is 38.8. The van der Waals surface area contributed by atoms with Crippen molar-refractivity contribution in [3.05, 3.63) is 0 Å². The number of ether oxygens (including phenoxy) is 3. The number of carboxylic acid groups (broad SMARTS) is 1. The Bertz CT molecular complexity index is 374. The molecule has 0 aromatic rings. The minimum atomic E-state index is -1.14. The molecular weight excluding hydrogens is 258 g/mol. The van der Waals surface area contributed by atoms with Crippen molar-refractivity contribution in [1.82, 2.24) is 5.32 Å². The summed E-state index contributed by atoms with van der Waals surface area (Å²) in [5, 5.41) is 21.5.